The van der Waals surface area contributed by atoms with Crippen molar-refractivity contribution in [3.8, 4) is 0 Å². The highest BCUT2D eigenvalue weighted by atomic mass is 16.3. The highest BCUT2D eigenvalue weighted by Crippen LogP contribution is 2.42. The van der Waals surface area contributed by atoms with Crippen LogP contribution in [0, 0.1) is 23.7 Å². The molecule has 1 aliphatic rings. The molecular formula is C21H42O. The normalized spacial score (nSPS) is 20.9. The van der Waals surface area contributed by atoms with E-state index in [-0.39, 0.29) is 5.60 Å². The van der Waals surface area contributed by atoms with E-state index < -0.39 is 0 Å². The van der Waals surface area contributed by atoms with Crippen LogP contribution in [0.1, 0.15) is 105 Å². The lowest BCUT2D eigenvalue weighted by Gasteiger charge is -2.23. The van der Waals surface area contributed by atoms with Crippen molar-refractivity contribution in [2.75, 3.05) is 0 Å². The first-order chi connectivity index (χ1) is 10.3. The van der Waals surface area contributed by atoms with Gasteiger partial charge in [0.15, 0.2) is 0 Å². The summed E-state index contributed by atoms with van der Waals surface area (Å²) in [6.45, 7) is 11.5. The summed E-state index contributed by atoms with van der Waals surface area (Å²) in [6, 6.07) is 0. The van der Waals surface area contributed by atoms with Gasteiger partial charge in [0.05, 0.1) is 5.60 Å². The second-order valence-electron chi connectivity index (χ2n) is 8.99. The molecule has 1 rings (SSSR count). The van der Waals surface area contributed by atoms with Gasteiger partial charge >= 0.3 is 0 Å². The molecule has 0 aliphatic heterocycles. The second-order valence-corrected chi connectivity index (χ2v) is 8.99. The molecule has 0 aromatic rings. The van der Waals surface area contributed by atoms with E-state index in [1.807, 2.05) is 6.92 Å². The summed E-state index contributed by atoms with van der Waals surface area (Å²) in [5.74, 6) is 3.20. The van der Waals surface area contributed by atoms with E-state index in [0.29, 0.717) is 5.92 Å². The molecule has 132 valence electrons. The Balaban J connectivity index is 1.97. The van der Waals surface area contributed by atoms with Gasteiger partial charge < -0.3 is 5.11 Å². The Hall–Kier alpha value is -0.0400. The van der Waals surface area contributed by atoms with Crippen molar-refractivity contribution in [1.82, 2.24) is 0 Å². The van der Waals surface area contributed by atoms with Crippen LogP contribution in [0.25, 0.3) is 0 Å². The zero-order valence-electron chi connectivity index (χ0n) is 16.0. The maximum absolute atomic E-state index is 10.3. The summed E-state index contributed by atoms with van der Waals surface area (Å²) in [6.07, 6.45) is 14.4. The summed E-state index contributed by atoms with van der Waals surface area (Å²) in [5.41, 5.74) is -0.370. The third kappa shape index (κ3) is 9.18. The van der Waals surface area contributed by atoms with Crippen LogP contribution in [0.5, 0.6) is 0 Å². The first-order valence-electron chi connectivity index (χ1n) is 10.0. The van der Waals surface area contributed by atoms with Gasteiger partial charge in [0.1, 0.15) is 0 Å². The molecule has 1 aliphatic carbocycles. The smallest absolute Gasteiger partial charge is 0.0647 e. The fourth-order valence-corrected chi connectivity index (χ4v) is 3.70. The standard InChI is InChI=1S/C21H42O/c1-17(2)9-6-10-18(3)11-7-12-19(4)13-8-16-21(5,22)20-14-15-20/h17-20,22H,6-16H2,1-5H3. The minimum absolute atomic E-state index is 0.370. The average molecular weight is 311 g/mol. The zero-order valence-corrected chi connectivity index (χ0v) is 16.0. The fraction of sp³-hybridized carbons (Fsp3) is 1.00. The zero-order chi connectivity index (χ0) is 16.6. The van der Waals surface area contributed by atoms with Gasteiger partial charge in [-0.15, -0.1) is 0 Å². The largest absolute Gasteiger partial charge is 0.390 e. The third-order valence-electron chi connectivity index (χ3n) is 5.71. The SMILES string of the molecule is CC(C)CCCC(C)CCCC(C)CCCC(C)(O)C1CC1. The van der Waals surface area contributed by atoms with Crippen LogP contribution in [0.4, 0.5) is 0 Å². The predicted molar refractivity (Wildman–Crippen MR) is 98.1 cm³/mol. The fourth-order valence-electron chi connectivity index (χ4n) is 3.70. The summed E-state index contributed by atoms with van der Waals surface area (Å²) < 4.78 is 0. The Morgan fingerprint density at radius 2 is 1.27 bits per heavy atom. The van der Waals surface area contributed by atoms with Crippen molar-refractivity contribution >= 4 is 0 Å². The Labute approximate surface area is 140 Å². The molecule has 1 nitrogen and oxygen atoms in total. The minimum Gasteiger partial charge on any atom is -0.390 e. The molecule has 22 heavy (non-hydrogen) atoms. The van der Waals surface area contributed by atoms with Gasteiger partial charge in [-0.3, -0.25) is 0 Å². The van der Waals surface area contributed by atoms with E-state index in [4.69, 9.17) is 0 Å². The molecule has 1 heteroatoms. The van der Waals surface area contributed by atoms with Crippen molar-refractivity contribution in [3.05, 3.63) is 0 Å². The average Bonchev–Trinajstić information content (AvgIpc) is 3.22. The predicted octanol–water partition coefficient (Wildman–Crippen LogP) is 6.59. The highest BCUT2D eigenvalue weighted by molar-refractivity contribution is 4.91. The summed E-state index contributed by atoms with van der Waals surface area (Å²) in [4.78, 5) is 0. The van der Waals surface area contributed by atoms with Gasteiger partial charge in [-0.2, -0.15) is 0 Å². The third-order valence-corrected chi connectivity index (χ3v) is 5.71. The molecule has 1 saturated carbocycles. The molecule has 0 aromatic carbocycles. The lowest BCUT2D eigenvalue weighted by Crippen LogP contribution is -2.26. The number of hydrogen-bond donors (Lipinski definition) is 1. The van der Waals surface area contributed by atoms with Gasteiger partial charge in [-0.05, 0) is 49.9 Å². The molecule has 0 saturated heterocycles. The molecule has 0 heterocycles. The van der Waals surface area contributed by atoms with Crippen molar-refractivity contribution in [1.29, 1.82) is 0 Å². The molecule has 1 fully saturated rings. The minimum atomic E-state index is -0.370. The van der Waals surface area contributed by atoms with Gasteiger partial charge in [-0.25, -0.2) is 0 Å². The van der Waals surface area contributed by atoms with Crippen LogP contribution in [0.15, 0.2) is 0 Å². The van der Waals surface area contributed by atoms with Crippen molar-refractivity contribution in [2.24, 2.45) is 23.7 Å². The number of hydrogen-bond acceptors (Lipinski definition) is 1. The Bertz CT molecular complexity index is 278. The van der Waals surface area contributed by atoms with E-state index in [2.05, 4.69) is 27.7 Å². The second kappa shape index (κ2) is 9.96. The molecule has 0 amide bonds. The quantitative estimate of drug-likeness (QED) is 0.407. The van der Waals surface area contributed by atoms with Crippen LogP contribution in [0.3, 0.4) is 0 Å². The van der Waals surface area contributed by atoms with Crippen LogP contribution >= 0.6 is 0 Å². The van der Waals surface area contributed by atoms with E-state index in [0.717, 1.165) is 24.2 Å². The van der Waals surface area contributed by atoms with E-state index >= 15 is 0 Å². The topological polar surface area (TPSA) is 20.2 Å². The van der Waals surface area contributed by atoms with Gasteiger partial charge in [0.2, 0.25) is 0 Å². The van der Waals surface area contributed by atoms with Gasteiger partial charge in [0.25, 0.3) is 0 Å². The Kier molecular flexibility index (Phi) is 9.05. The van der Waals surface area contributed by atoms with Gasteiger partial charge in [0, 0.05) is 0 Å². The summed E-state index contributed by atoms with van der Waals surface area (Å²) >= 11 is 0. The molecule has 0 radical (unpaired) electrons. The van der Waals surface area contributed by atoms with E-state index in [1.54, 1.807) is 0 Å². The van der Waals surface area contributed by atoms with Crippen molar-refractivity contribution in [3.63, 3.8) is 0 Å². The molecule has 0 spiro atoms. The lowest BCUT2D eigenvalue weighted by atomic mass is 9.89. The van der Waals surface area contributed by atoms with Crippen LogP contribution < -0.4 is 0 Å². The molecule has 3 unspecified atom stereocenters. The Morgan fingerprint density at radius 1 is 0.818 bits per heavy atom. The molecule has 0 bridgehead atoms. The van der Waals surface area contributed by atoms with Crippen LogP contribution in [0.2, 0.25) is 0 Å². The highest BCUT2D eigenvalue weighted by Gasteiger charge is 2.39. The number of rotatable bonds is 13. The molecule has 0 aromatic heterocycles. The van der Waals surface area contributed by atoms with Crippen LogP contribution in [-0.4, -0.2) is 10.7 Å². The first kappa shape index (κ1) is 20.0. The maximum atomic E-state index is 10.3. The first-order valence-corrected chi connectivity index (χ1v) is 10.0. The Morgan fingerprint density at radius 3 is 1.73 bits per heavy atom. The van der Waals surface area contributed by atoms with Crippen LogP contribution in [-0.2, 0) is 0 Å². The van der Waals surface area contributed by atoms with E-state index in [1.165, 1.54) is 64.2 Å². The monoisotopic (exact) mass is 310 g/mol. The van der Waals surface area contributed by atoms with Crippen molar-refractivity contribution in [2.45, 2.75) is 111 Å². The summed E-state index contributed by atoms with van der Waals surface area (Å²) in [7, 11) is 0. The summed E-state index contributed by atoms with van der Waals surface area (Å²) in [5, 5.41) is 10.3. The van der Waals surface area contributed by atoms with Crippen molar-refractivity contribution < 1.29 is 5.11 Å². The maximum Gasteiger partial charge on any atom is 0.0647 e. The molecule has 3 atom stereocenters. The lowest BCUT2D eigenvalue weighted by molar-refractivity contribution is 0.0246. The molecular weight excluding hydrogens is 268 g/mol. The molecule has 1 N–H and O–H groups in total. The number of aliphatic hydroxyl groups is 1. The van der Waals surface area contributed by atoms with Gasteiger partial charge in [-0.1, -0.05) is 79.1 Å². The van der Waals surface area contributed by atoms with E-state index in [9.17, 15) is 5.11 Å².